The molecule has 0 aliphatic heterocycles. The summed E-state index contributed by atoms with van der Waals surface area (Å²) in [6, 6.07) is 4.40. The van der Waals surface area contributed by atoms with E-state index in [0.717, 1.165) is 0 Å². The van der Waals surface area contributed by atoms with Crippen LogP contribution in [0.5, 0.6) is 5.75 Å². The Morgan fingerprint density at radius 1 is 1.38 bits per heavy atom. The second-order valence-corrected chi connectivity index (χ2v) is 4.32. The molecule has 4 nitrogen and oxygen atoms in total. The van der Waals surface area contributed by atoms with Crippen molar-refractivity contribution in [3.8, 4) is 5.75 Å². The van der Waals surface area contributed by atoms with E-state index in [1.54, 1.807) is 0 Å². The van der Waals surface area contributed by atoms with Crippen molar-refractivity contribution in [3.05, 3.63) is 28.8 Å². The van der Waals surface area contributed by atoms with E-state index in [1.807, 2.05) is 0 Å². The monoisotopic (exact) mass is 240 g/mol. The van der Waals surface area contributed by atoms with E-state index in [0.29, 0.717) is 0 Å². The van der Waals surface area contributed by atoms with Crippen LogP contribution in [0.15, 0.2) is 18.2 Å². The van der Waals surface area contributed by atoms with Gasteiger partial charge in [-0.2, -0.15) is 0 Å². The van der Waals surface area contributed by atoms with Crippen molar-refractivity contribution in [2.45, 2.75) is 18.3 Å². The number of carbonyl (C=O) groups is 2. The number of aliphatic carboxylic acids is 1. The van der Waals surface area contributed by atoms with E-state index < -0.39 is 11.4 Å². The molecule has 0 unspecified atom stereocenters. The molecular formula is C11H9ClO4. The number of phenols is 1. The number of hydrogen-bond donors (Lipinski definition) is 2. The molecule has 0 radical (unpaired) electrons. The molecule has 2 rings (SSSR count). The molecule has 16 heavy (non-hydrogen) atoms. The molecule has 1 aliphatic rings. The summed E-state index contributed by atoms with van der Waals surface area (Å²) < 4.78 is 0. The number of aromatic hydroxyl groups is 1. The van der Waals surface area contributed by atoms with Crippen molar-refractivity contribution in [1.82, 2.24) is 0 Å². The van der Waals surface area contributed by atoms with Crippen molar-refractivity contribution >= 4 is 23.4 Å². The Kier molecular flexibility index (Phi) is 2.39. The molecule has 0 saturated heterocycles. The fraction of sp³-hybridized carbons (Fsp3) is 0.273. The number of phenolic OH excluding ortho intramolecular Hbond substituents is 1. The van der Waals surface area contributed by atoms with Crippen LogP contribution in [0.4, 0.5) is 0 Å². The van der Waals surface area contributed by atoms with Gasteiger partial charge in [-0.25, -0.2) is 0 Å². The maximum absolute atomic E-state index is 11.2. The third-order valence-electron chi connectivity index (χ3n) is 2.88. The average Bonchev–Trinajstić information content (AvgIpc) is 2.13. The molecule has 84 valence electrons. The predicted molar refractivity (Wildman–Crippen MR) is 56.7 cm³/mol. The molecule has 1 fully saturated rings. The van der Waals surface area contributed by atoms with Gasteiger partial charge in [0.1, 0.15) is 16.9 Å². The molecule has 0 atom stereocenters. The Balaban J connectivity index is 2.57. The minimum Gasteiger partial charge on any atom is -0.508 e. The lowest BCUT2D eigenvalue weighted by atomic mass is 9.63. The molecule has 5 heteroatoms. The van der Waals surface area contributed by atoms with Crippen LogP contribution in [0.2, 0.25) is 5.02 Å². The highest BCUT2D eigenvalue weighted by atomic mass is 35.5. The smallest absolute Gasteiger partial charge is 0.315 e. The zero-order chi connectivity index (χ0) is 11.9. The van der Waals surface area contributed by atoms with E-state index in [9.17, 15) is 19.8 Å². The molecule has 1 saturated carbocycles. The van der Waals surface area contributed by atoms with E-state index in [2.05, 4.69) is 0 Å². The standard InChI is InChI=1S/C11H9ClO4/c12-7-2-1-3-8(14)9(7)11(10(15)16)4-6(13)5-11/h1-3,14H,4-5H2,(H,15,16). The molecule has 0 spiro atoms. The number of carbonyl (C=O) groups excluding carboxylic acids is 1. The van der Waals surface area contributed by atoms with Gasteiger partial charge in [0.05, 0.1) is 0 Å². The molecule has 0 amide bonds. The van der Waals surface area contributed by atoms with Crippen LogP contribution < -0.4 is 0 Å². The molecule has 1 aromatic rings. The fourth-order valence-corrected chi connectivity index (χ4v) is 2.39. The minimum absolute atomic E-state index is 0.111. The summed E-state index contributed by atoms with van der Waals surface area (Å²) in [5.74, 6) is -1.44. The van der Waals surface area contributed by atoms with E-state index in [-0.39, 0.29) is 35.0 Å². The van der Waals surface area contributed by atoms with Crippen LogP contribution in [-0.2, 0) is 15.0 Å². The van der Waals surface area contributed by atoms with Gasteiger partial charge in [-0.1, -0.05) is 17.7 Å². The zero-order valence-corrected chi connectivity index (χ0v) is 8.99. The summed E-state index contributed by atoms with van der Waals surface area (Å²) >= 11 is 5.88. The molecule has 2 N–H and O–H groups in total. The maximum Gasteiger partial charge on any atom is 0.315 e. The first-order valence-electron chi connectivity index (χ1n) is 4.70. The van der Waals surface area contributed by atoms with Gasteiger partial charge < -0.3 is 10.2 Å². The lowest BCUT2D eigenvalue weighted by Crippen LogP contribution is -2.48. The van der Waals surface area contributed by atoms with Crippen LogP contribution in [0, 0.1) is 0 Å². The quantitative estimate of drug-likeness (QED) is 0.826. The first-order chi connectivity index (χ1) is 7.47. The molecule has 1 aromatic carbocycles. The number of rotatable bonds is 2. The summed E-state index contributed by atoms with van der Waals surface area (Å²) in [5.41, 5.74) is -1.21. The van der Waals surface area contributed by atoms with Crippen LogP contribution in [0.1, 0.15) is 18.4 Å². The van der Waals surface area contributed by atoms with E-state index >= 15 is 0 Å². The first kappa shape index (κ1) is 11.0. The third-order valence-corrected chi connectivity index (χ3v) is 3.19. The lowest BCUT2D eigenvalue weighted by Gasteiger charge is -2.37. The highest BCUT2D eigenvalue weighted by Gasteiger charge is 2.53. The van der Waals surface area contributed by atoms with Crippen LogP contribution >= 0.6 is 11.6 Å². The minimum atomic E-state index is -1.35. The normalized spacial score (nSPS) is 17.9. The topological polar surface area (TPSA) is 74.6 Å². The second-order valence-electron chi connectivity index (χ2n) is 3.91. The Labute approximate surface area is 96.5 Å². The Bertz CT molecular complexity index is 453. The molecule has 0 heterocycles. The van der Waals surface area contributed by atoms with Gasteiger partial charge in [-0.3, -0.25) is 9.59 Å². The Morgan fingerprint density at radius 2 is 2.00 bits per heavy atom. The lowest BCUT2D eigenvalue weighted by molar-refractivity contribution is -0.153. The van der Waals surface area contributed by atoms with E-state index in [1.165, 1.54) is 18.2 Å². The molecule has 0 aromatic heterocycles. The summed E-state index contributed by atoms with van der Waals surface area (Å²) in [6.45, 7) is 0. The largest absolute Gasteiger partial charge is 0.508 e. The van der Waals surface area contributed by atoms with Crippen molar-refractivity contribution in [2.24, 2.45) is 0 Å². The van der Waals surface area contributed by atoms with E-state index in [4.69, 9.17) is 11.6 Å². The molecule has 1 aliphatic carbocycles. The van der Waals surface area contributed by atoms with Gasteiger partial charge in [-0.15, -0.1) is 0 Å². The van der Waals surface area contributed by atoms with Crippen molar-refractivity contribution < 1.29 is 19.8 Å². The third kappa shape index (κ3) is 1.38. The number of carboxylic acids is 1. The summed E-state index contributed by atoms with van der Waals surface area (Å²) in [7, 11) is 0. The van der Waals surface area contributed by atoms with Crippen LogP contribution in [-0.4, -0.2) is 22.0 Å². The number of ketones is 1. The highest BCUT2D eigenvalue weighted by Crippen LogP contribution is 2.47. The predicted octanol–water partition coefficient (Wildman–Crippen LogP) is 1.73. The first-order valence-corrected chi connectivity index (χ1v) is 5.08. The van der Waals surface area contributed by atoms with Gasteiger partial charge in [0.25, 0.3) is 0 Å². The van der Waals surface area contributed by atoms with Crippen LogP contribution in [0.25, 0.3) is 0 Å². The Hall–Kier alpha value is -1.55. The van der Waals surface area contributed by atoms with Crippen molar-refractivity contribution in [2.75, 3.05) is 0 Å². The van der Waals surface area contributed by atoms with Crippen molar-refractivity contribution in [3.63, 3.8) is 0 Å². The van der Waals surface area contributed by atoms with Gasteiger partial charge in [-0.05, 0) is 12.1 Å². The second kappa shape index (κ2) is 3.49. The number of hydrogen-bond acceptors (Lipinski definition) is 3. The summed E-state index contributed by atoms with van der Waals surface area (Å²) in [6.07, 6.45) is -0.223. The molecule has 0 bridgehead atoms. The number of carboxylic acid groups (broad SMARTS) is 1. The van der Waals surface area contributed by atoms with Gasteiger partial charge in [0, 0.05) is 23.4 Å². The van der Waals surface area contributed by atoms with Crippen LogP contribution in [0.3, 0.4) is 0 Å². The SMILES string of the molecule is O=C1CC(C(=O)O)(c2c(O)cccc2Cl)C1. The van der Waals surface area contributed by atoms with Gasteiger partial charge in [0.15, 0.2) is 0 Å². The summed E-state index contributed by atoms with van der Waals surface area (Å²) in [4.78, 5) is 22.3. The molecular weight excluding hydrogens is 232 g/mol. The highest BCUT2D eigenvalue weighted by molar-refractivity contribution is 6.32. The Morgan fingerprint density at radius 3 is 2.44 bits per heavy atom. The zero-order valence-electron chi connectivity index (χ0n) is 8.24. The number of benzene rings is 1. The van der Waals surface area contributed by atoms with Gasteiger partial charge in [0.2, 0.25) is 0 Å². The maximum atomic E-state index is 11.2. The van der Waals surface area contributed by atoms with Crippen molar-refractivity contribution in [1.29, 1.82) is 0 Å². The summed E-state index contributed by atoms with van der Waals surface area (Å²) in [5, 5.41) is 19.0. The average molecular weight is 241 g/mol. The number of Topliss-reactive ketones (excluding diaryl/α,β-unsaturated/α-hetero) is 1. The fourth-order valence-electron chi connectivity index (χ4n) is 2.04. The number of halogens is 1. The van der Waals surface area contributed by atoms with Gasteiger partial charge >= 0.3 is 5.97 Å².